The number of aliphatic carboxylic acids is 1. The smallest absolute Gasteiger partial charge is 0.361 e. The van der Waals surface area contributed by atoms with E-state index in [1.807, 2.05) is 21.1 Å². The molecule has 0 aliphatic rings. The van der Waals surface area contributed by atoms with E-state index in [0.717, 1.165) is 83.5 Å². The summed E-state index contributed by atoms with van der Waals surface area (Å²) >= 11 is 0. The van der Waals surface area contributed by atoms with Crippen molar-refractivity contribution in [3.05, 3.63) is 85.1 Å². The Kier molecular flexibility index (Phi) is 67.6. The van der Waals surface area contributed by atoms with E-state index in [9.17, 15) is 19.5 Å². The molecule has 516 valence electrons. The number of allylic oxidation sites excluding steroid dienone is 14. The van der Waals surface area contributed by atoms with E-state index in [0.29, 0.717) is 23.9 Å². The molecule has 0 radical (unpaired) electrons. The second kappa shape index (κ2) is 70.3. The lowest BCUT2D eigenvalue weighted by atomic mass is 10.0. The number of quaternary nitrogens is 1. The summed E-state index contributed by atoms with van der Waals surface area (Å²) in [6.07, 6.45) is 93.1. The lowest BCUT2D eigenvalue weighted by Crippen LogP contribution is -2.40. The number of hydrogen-bond donors (Lipinski definition) is 1. The number of likely N-dealkylation sites (N-methyl/N-ethyl adjacent to an activating group) is 1. The minimum atomic E-state index is -1.52. The number of carboxylic acids is 1. The van der Waals surface area contributed by atoms with E-state index in [4.69, 9.17) is 18.9 Å². The summed E-state index contributed by atoms with van der Waals surface area (Å²) in [5, 5.41) is 9.75. The predicted molar refractivity (Wildman–Crippen MR) is 382 cm³/mol. The van der Waals surface area contributed by atoms with E-state index in [-0.39, 0.29) is 32.2 Å². The highest BCUT2D eigenvalue weighted by atomic mass is 16.7. The van der Waals surface area contributed by atoms with Gasteiger partial charge in [-0.2, -0.15) is 0 Å². The second-order valence-corrected chi connectivity index (χ2v) is 26.6. The number of hydrogen-bond acceptors (Lipinski definition) is 7. The van der Waals surface area contributed by atoms with Gasteiger partial charge in [0.1, 0.15) is 13.2 Å². The fraction of sp³-hybridized carbons (Fsp3) is 0.787. The summed E-state index contributed by atoms with van der Waals surface area (Å²) in [7, 11) is 5.98. The van der Waals surface area contributed by atoms with Crippen molar-refractivity contribution >= 4 is 17.9 Å². The molecule has 0 heterocycles. The van der Waals surface area contributed by atoms with Gasteiger partial charge in [-0.3, -0.25) is 9.59 Å². The lowest BCUT2D eigenvalue weighted by molar-refractivity contribution is -0.870. The van der Waals surface area contributed by atoms with Crippen LogP contribution in [0.4, 0.5) is 0 Å². The van der Waals surface area contributed by atoms with Crippen LogP contribution in [0.1, 0.15) is 348 Å². The number of carbonyl (C=O) groups is 3. The van der Waals surface area contributed by atoms with Crippen molar-refractivity contribution in [2.75, 3.05) is 47.5 Å². The van der Waals surface area contributed by atoms with Crippen LogP contribution in [0.25, 0.3) is 0 Å². The normalized spacial score (nSPS) is 13.1. The molecule has 0 aromatic heterocycles. The Hall–Kier alpha value is -3.53. The summed E-state index contributed by atoms with van der Waals surface area (Å²) in [5.41, 5.74) is 0. The van der Waals surface area contributed by atoms with Gasteiger partial charge in [-0.1, -0.05) is 330 Å². The number of ether oxygens (including phenoxy) is 4. The van der Waals surface area contributed by atoms with Crippen LogP contribution in [0.5, 0.6) is 0 Å². The van der Waals surface area contributed by atoms with Gasteiger partial charge in [0.05, 0.1) is 34.4 Å². The lowest BCUT2D eigenvalue weighted by Gasteiger charge is -2.25. The molecule has 2 unspecified atom stereocenters. The Bertz CT molecular complexity index is 1740. The number of rotatable bonds is 70. The van der Waals surface area contributed by atoms with Crippen LogP contribution in [0.15, 0.2) is 85.1 Å². The Labute approximate surface area is 550 Å². The minimum absolute atomic E-state index is 0.183. The maximum atomic E-state index is 12.9. The topological polar surface area (TPSA) is 108 Å². The van der Waals surface area contributed by atoms with Gasteiger partial charge in [-0.05, 0) is 89.9 Å². The molecule has 0 saturated heterocycles. The van der Waals surface area contributed by atoms with Gasteiger partial charge < -0.3 is 28.5 Å². The summed E-state index contributed by atoms with van der Waals surface area (Å²) in [6, 6.07) is 0. The van der Waals surface area contributed by atoms with E-state index >= 15 is 0 Å². The van der Waals surface area contributed by atoms with Gasteiger partial charge in [0.25, 0.3) is 6.29 Å². The quantitative estimate of drug-likeness (QED) is 0.0211. The molecular weight excluding hydrogens is 1100 g/mol. The number of carboxylic acid groups (broad SMARTS) is 1. The number of unbranched alkanes of at least 4 members (excludes halogenated alkanes) is 41. The first kappa shape index (κ1) is 85.5. The molecule has 9 heteroatoms. The van der Waals surface area contributed by atoms with Crippen LogP contribution in [0.2, 0.25) is 0 Å². The molecule has 0 aliphatic heterocycles. The van der Waals surface area contributed by atoms with Crippen LogP contribution in [0.3, 0.4) is 0 Å². The first-order valence-electron chi connectivity index (χ1n) is 37.8. The Morgan fingerprint density at radius 1 is 0.348 bits per heavy atom. The Balaban J connectivity index is 3.96. The SMILES string of the molecule is CC/C=C\C/C=C\C/C=C\C/C=C\C/C=C\CCCCCCCCCC(=O)OC(COC(=O)CCCCCCCCCCCCCCCCCCCCCCCCCCCCCCC/C=C\C/C=C\CCCCCCC)COC(OCC[N+](C)(C)C)C(=O)O. The van der Waals surface area contributed by atoms with Crippen LogP contribution < -0.4 is 0 Å². The van der Waals surface area contributed by atoms with E-state index < -0.39 is 24.3 Å². The Morgan fingerprint density at radius 2 is 0.640 bits per heavy atom. The van der Waals surface area contributed by atoms with Crippen molar-refractivity contribution in [3.63, 3.8) is 0 Å². The molecule has 0 aliphatic carbocycles. The molecule has 9 nitrogen and oxygen atoms in total. The van der Waals surface area contributed by atoms with E-state index in [1.165, 1.54) is 231 Å². The molecule has 2 atom stereocenters. The van der Waals surface area contributed by atoms with Gasteiger partial charge in [0.2, 0.25) is 0 Å². The first-order valence-corrected chi connectivity index (χ1v) is 37.8. The van der Waals surface area contributed by atoms with Crippen LogP contribution in [0, 0.1) is 0 Å². The van der Waals surface area contributed by atoms with Gasteiger partial charge in [-0.15, -0.1) is 0 Å². The van der Waals surface area contributed by atoms with Crippen molar-refractivity contribution in [1.29, 1.82) is 0 Å². The van der Waals surface area contributed by atoms with Gasteiger partial charge in [0, 0.05) is 12.8 Å². The van der Waals surface area contributed by atoms with Crippen molar-refractivity contribution in [2.45, 2.75) is 360 Å². The molecule has 0 saturated carbocycles. The van der Waals surface area contributed by atoms with Crippen LogP contribution in [-0.2, 0) is 33.3 Å². The molecule has 1 N–H and O–H groups in total. The largest absolute Gasteiger partial charge is 0.477 e. The molecule has 0 amide bonds. The third-order valence-electron chi connectivity index (χ3n) is 16.6. The predicted octanol–water partition coefficient (Wildman–Crippen LogP) is 23.8. The van der Waals surface area contributed by atoms with Crippen molar-refractivity contribution in [2.24, 2.45) is 0 Å². The zero-order valence-electron chi connectivity index (χ0n) is 59.1. The summed E-state index contributed by atoms with van der Waals surface area (Å²) in [5.74, 6) is -2.01. The zero-order chi connectivity index (χ0) is 64.7. The second-order valence-electron chi connectivity index (χ2n) is 26.6. The minimum Gasteiger partial charge on any atom is -0.477 e. The molecule has 0 aromatic carbocycles. The highest BCUT2D eigenvalue weighted by molar-refractivity contribution is 5.71. The van der Waals surface area contributed by atoms with Gasteiger partial charge in [-0.25, -0.2) is 4.79 Å². The molecular formula is C80H144NO8+. The van der Waals surface area contributed by atoms with Crippen LogP contribution in [-0.4, -0.2) is 87.4 Å². The van der Waals surface area contributed by atoms with Gasteiger partial charge >= 0.3 is 17.9 Å². The number of carbonyl (C=O) groups excluding carboxylic acids is 2. The van der Waals surface area contributed by atoms with Crippen LogP contribution >= 0.6 is 0 Å². The average molecular weight is 1250 g/mol. The molecule has 89 heavy (non-hydrogen) atoms. The third kappa shape index (κ3) is 71.8. The number of nitrogens with zero attached hydrogens (tertiary/aromatic N) is 1. The first-order chi connectivity index (χ1) is 43.6. The highest BCUT2D eigenvalue weighted by Crippen LogP contribution is 2.19. The molecule has 0 aromatic rings. The van der Waals surface area contributed by atoms with Crippen molar-refractivity contribution in [1.82, 2.24) is 0 Å². The average Bonchev–Trinajstić information content (AvgIpc) is 3.64. The number of esters is 2. The molecule has 0 spiro atoms. The maximum absolute atomic E-state index is 12.9. The zero-order valence-corrected chi connectivity index (χ0v) is 59.1. The van der Waals surface area contributed by atoms with E-state index in [2.05, 4.69) is 98.9 Å². The Morgan fingerprint density at radius 3 is 0.955 bits per heavy atom. The fourth-order valence-electron chi connectivity index (χ4n) is 10.9. The van der Waals surface area contributed by atoms with E-state index in [1.54, 1.807) is 0 Å². The van der Waals surface area contributed by atoms with Crippen molar-refractivity contribution in [3.8, 4) is 0 Å². The standard InChI is InChI=1S/C80H143NO8/c1-6-8-10-12-14-16-18-20-22-24-26-28-30-31-32-33-34-35-36-37-38-39-40-41-42-43-44-45-46-47-49-50-52-54-56-58-60-62-64-66-68-70-77(82)87-74-76(75-88-80(79(84)85)86-73-72-81(3,4)5)89-78(83)71-69-67-65-63-61-59-57-55-53-51-48-29-27-25-23-21-19-17-15-13-11-9-7-2/h9,11,15,17-18,20-21,23-24,26-27,29,51,53,76,80H,6-8,10,12-14,16,19,22,25,28,30-50,52,54-75H2,1-5H3/p+1/b11-9-,17-15-,20-18-,23-21-,26-24-,29-27-,53-51-. The fourth-order valence-corrected chi connectivity index (χ4v) is 10.9. The summed E-state index contributed by atoms with van der Waals surface area (Å²) in [6.45, 7) is 4.78. The molecule has 0 bridgehead atoms. The molecule has 0 rings (SSSR count). The van der Waals surface area contributed by atoms with Gasteiger partial charge in [0.15, 0.2) is 6.10 Å². The summed E-state index contributed by atoms with van der Waals surface area (Å²) < 4.78 is 23.0. The molecule has 0 fully saturated rings. The highest BCUT2D eigenvalue weighted by Gasteiger charge is 2.25. The third-order valence-corrected chi connectivity index (χ3v) is 16.6. The van der Waals surface area contributed by atoms with Crippen molar-refractivity contribution < 1.29 is 42.9 Å². The maximum Gasteiger partial charge on any atom is 0.361 e. The monoisotopic (exact) mass is 1250 g/mol. The summed E-state index contributed by atoms with van der Waals surface area (Å²) in [4.78, 5) is 37.6.